The zero-order chi connectivity index (χ0) is 7.98. The van der Waals surface area contributed by atoms with Crippen LogP contribution in [0.4, 0.5) is 0 Å². The highest BCUT2D eigenvalue weighted by atomic mass is 16.1. The Morgan fingerprint density at radius 3 is 2.30 bits per heavy atom. The molecule has 0 aliphatic heterocycles. The molecule has 1 atom stereocenters. The number of carbonyl (C=O) groups excluding carboxylic acids is 1. The van der Waals surface area contributed by atoms with Gasteiger partial charge in [-0.1, -0.05) is 0 Å². The Balaban J connectivity index is 3.39. The number of hydrazine groups is 1. The van der Waals surface area contributed by atoms with Gasteiger partial charge in [0.2, 0.25) is 0 Å². The smallest absolute Gasteiger partial charge is 0.121 e. The van der Waals surface area contributed by atoms with Crippen LogP contribution in [0, 0.1) is 0 Å². The molecule has 0 radical (unpaired) electrons. The van der Waals surface area contributed by atoms with E-state index >= 15 is 0 Å². The van der Waals surface area contributed by atoms with Gasteiger partial charge in [-0.15, -0.1) is 0 Å². The molecule has 0 spiro atoms. The highest BCUT2D eigenvalue weighted by Crippen LogP contribution is 1.78. The Bertz CT molecular complexity index is 128. The fourth-order valence-corrected chi connectivity index (χ4v) is 0.442. The molecule has 0 saturated heterocycles. The average molecular weight is 142 g/mol. The maximum absolute atomic E-state index is 9.81. The maximum atomic E-state index is 9.81. The van der Waals surface area contributed by atoms with Crippen LogP contribution in [0.1, 0.15) is 20.8 Å². The van der Waals surface area contributed by atoms with Crippen molar-refractivity contribution in [3.8, 4) is 0 Å². The molecule has 0 bridgehead atoms. The number of hydrogen-bond donors (Lipinski definition) is 2. The van der Waals surface area contributed by atoms with Crippen molar-refractivity contribution in [1.29, 1.82) is 0 Å². The number of nitrogens with one attached hydrogen (secondary N) is 2. The fourth-order valence-electron chi connectivity index (χ4n) is 0.442. The first-order valence-corrected chi connectivity index (χ1v) is 3.39. The molecule has 0 saturated carbocycles. The fraction of sp³-hybridized carbons (Fsp3) is 0.714. The molecule has 58 valence electrons. The molecule has 3 nitrogen and oxygen atoms in total. The van der Waals surface area contributed by atoms with Crippen molar-refractivity contribution >= 4 is 5.94 Å². The Labute approximate surface area is 61.5 Å². The quantitative estimate of drug-likeness (QED) is 0.437. The van der Waals surface area contributed by atoms with Gasteiger partial charge in [0.1, 0.15) is 5.94 Å². The Kier molecular flexibility index (Phi) is 4.85. The molecule has 0 fully saturated rings. The van der Waals surface area contributed by atoms with Gasteiger partial charge in [0, 0.05) is 18.2 Å². The van der Waals surface area contributed by atoms with E-state index in [0.717, 1.165) is 0 Å². The molecule has 0 rings (SSSR count). The summed E-state index contributed by atoms with van der Waals surface area (Å²) in [5.41, 5.74) is 5.88. The first-order valence-electron chi connectivity index (χ1n) is 3.39. The van der Waals surface area contributed by atoms with Crippen LogP contribution in [0.15, 0.2) is 6.08 Å². The summed E-state index contributed by atoms with van der Waals surface area (Å²) in [5.74, 6) is 1.71. The van der Waals surface area contributed by atoms with Crippen LogP contribution in [-0.2, 0) is 4.79 Å². The Morgan fingerprint density at radius 1 is 1.30 bits per heavy atom. The van der Waals surface area contributed by atoms with Gasteiger partial charge in [0.15, 0.2) is 0 Å². The van der Waals surface area contributed by atoms with Crippen molar-refractivity contribution < 1.29 is 4.79 Å². The Morgan fingerprint density at radius 2 is 1.90 bits per heavy atom. The maximum Gasteiger partial charge on any atom is 0.121 e. The van der Waals surface area contributed by atoms with Gasteiger partial charge in [0.25, 0.3) is 0 Å². The standard InChI is InChI=1S/C7H14N2O/c1-6(2)8-9-7(3)4-5-10/h4,6-9H,1-3H3. The van der Waals surface area contributed by atoms with Gasteiger partial charge >= 0.3 is 0 Å². The summed E-state index contributed by atoms with van der Waals surface area (Å²) in [6.07, 6.45) is 1.43. The van der Waals surface area contributed by atoms with Gasteiger partial charge in [-0.3, -0.25) is 10.9 Å². The molecule has 0 aromatic carbocycles. The number of hydrogen-bond acceptors (Lipinski definition) is 3. The van der Waals surface area contributed by atoms with E-state index in [1.807, 2.05) is 20.8 Å². The van der Waals surface area contributed by atoms with E-state index in [1.165, 1.54) is 6.08 Å². The van der Waals surface area contributed by atoms with E-state index in [4.69, 9.17) is 0 Å². The monoisotopic (exact) mass is 142 g/mol. The van der Waals surface area contributed by atoms with Crippen LogP contribution in [0.25, 0.3) is 0 Å². The molecule has 0 aromatic rings. The van der Waals surface area contributed by atoms with E-state index in [1.54, 1.807) is 5.94 Å². The third kappa shape index (κ3) is 5.51. The van der Waals surface area contributed by atoms with Crippen LogP contribution in [0.2, 0.25) is 0 Å². The predicted octanol–water partition coefficient (Wildman–Crippen LogP) is 0.265. The third-order valence-corrected chi connectivity index (χ3v) is 0.918. The molecule has 0 heterocycles. The summed E-state index contributed by atoms with van der Waals surface area (Å²) in [6.45, 7) is 5.91. The zero-order valence-electron chi connectivity index (χ0n) is 6.64. The zero-order valence-corrected chi connectivity index (χ0v) is 6.64. The highest BCUT2D eigenvalue weighted by Gasteiger charge is 1.95. The highest BCUT2D eigenvalue weighted by molar-refractivity contribution is 5.46. The van der Waals surface area contributed by atoms with Gasteiger partial charge in [0.05, 0.1) is 0 Å². The molecule has 0 aliphatic carbocycles. The van der Waals surface area contributed by atoms with Gasteiger partial charge in [-0.2, -0.15) is 0 Å². The summed E-state index contributed by atoms with van der Waals surface area (Å²) >= 11 is 0. The molecule has 10 heavy (non-hydrogen) atoms. The minimum absolute atomic E-state index is 0.0416. The second-order valence-corrected chi connectivity index (χ2v) is 2.52. The largest absolute Gasteiger partial charge is 0.255 e. The normalized spacial score (nSPS) is 12.8. The van der Waals surface area contributed by atoms with E-state index in [0.29, 0.717) is 6.04 Å². The second-order valence-electron chi connectivity index (χ2n) is 2.52. The van der Waals surface area contributed by atoms with Crippen LogP contribution < -0.4 is 10.9 Å². The van der Waals surface area contributed by atoms with Crippen LogP contribution in [0.5, 0.6) is 0 Å². The van der Waals surface area contributed by atoms with Gasteiger partial charge < -0.3 is 0 Å². The van der Waals surface area contributed by atoms with Crippen LogP contribution >= 0.6 is 0 Å². The lowest BCUT2D eigenvalue weighted by atomic mass is 10.3. The molecule has 0 aromatic heterocycles. The predicted molar refractivity (Wildman–Crippen MR) is 41.1 cm³/mol. The lowest BCUT2D eigenvalue weighted by Crippen LogP contribution is -2.42. The molecular formula is C7H14N2O. The van der Waals surface area contributed by atoms with Crippen molar-refractivity contribution in [3.63, 3.8) is 0 Å². The van der Waals surface area contributed by atoms with E-state index < -0.39 is 0 Å². The molecule has 3 heteroatoms. The molecule has 0 amide bonds. The third-order valence-electron chi connectivity index (χ3n) is 0.918. The Hall–Kier alpha value is -0.630. The minimum atomic E-state index is 0.0416. The van der Waals surface area contributed by atoms with Crippen LogP contribution in [0.3, 0.4) is 0 Å². The van der Waals surface area contributed by atoms with Crippen molar-refractivity contribution in [2.24, 2.45) is 0 Å². The summed E-state index contributed by atoms with van der Waals surface area (Å²) < 4.78 is 0. The second kappa shape index (κ2) is 5.18. The van der Waals surface area contributed by atoms with Crippen molar-refractivity contribution in [3.05, 3.63) is 6.08 Å². The average Bonchev–Trinajstić information content (AvgIpc) is 1.85. The first-order chi connectivity index (χ1) is 4.66. The molecule has 0 aliphatic rings. The molecular weight excluding hydrogens is 128 g/mol. The number of rotatable bonds is 4. The van der Waals surface area contributed by atoms with Crippen LogP contribution in [-0.4, -0.2) is 18.0 Å². The summed E-state index contributed by atoms with van der Waals surface area (Å²) in [7, 11) is 0. The topological polar surface area (TPSA) is 41.1 Å². The first kappa shape index (κ1) is 9.37. The summed E-state index contributed by atoms with van der Waals surface area (Å²) in [5, 5.41) is 0. The summed E-state index contributed by atoms with van der Waals surface area (Å²) in [4.78, 5) is 9.81. The van der Waals surface area contributed by atoms with Crippen molar-refractivity contribution in [2.45, 2.75) is 32.9 Å². The SMILES string of the molecule is CC(C)NNC(C)C=C=O. The van der Waals surface area contributed by atoms with E-state index in [-0.39, 0.29) is 6.04 Å². The lowest BCUT2D eigenvalue weighted by molar-refractivity contribution is 0.447. The van der Waals surface area contributed by atoms with E-state index in [2.05, 4.69) is 10.9 Å². The molecule has 1 unspecified atom stereocenters. The van der Waals surface area contributed by atoms with Gasteiger partial charge in [-0.25, -0.2) is 4.79 Å². The van der Waals surface area contributed by atoms with E-state index in [9.17, 15) is 4.79 Å². The molecule has 2 N–H and O–H groups in total. The minimum Gasteiger partial charge on any atom is -0.255 e. The summed E-state index contributed by atoms with van der Waals surface area (Å²) in [6, 6.07) is 0.419. The van der Waals surface area contributed by atoms with Gasteiger partial charge in [-0.05, 0) is 20.8 Å². The van der Waals surface area contributed by atoms with Crippen molar-refractivity contribution in [2.75, 3.05) is 0 Å². The van der Waals surface area contributed by atoms with Crippen molar-refractivity contribution in [1.82, 2.24) is 10.9 Å². The lowest BCUT2D eigenvalue weighted by Gasteiger charge is -2.12.